The molecule has 0 atom stereocenters. The maximum absolute atomic E-state index is 12.0. The van der Waals surface area contributed by atoms with Gasteiger partial charge in [0.1, 0.15) is 11.5 Å². The van der Waals surface area contributed by atoms with Crippen LogP contribution in [-0.2, 0) is 13.1 Å². The smallest absolute Gasteiger partial charge is 0.315 e. The van der Waals surface area contributed by atoms with Gasteiger partial charge >= 0.3 is 6.03 Å². The average molecular weight is 308 g/mol. The molecule has 0 aliphatic rings. The van der Waals surface area contributed by atoms with Crippen molar-refractivity contribution in [2.45, 2.75) is 26.9 Å². The number of fused-ring (bicyclic) bond motifs is 1. The average Bonchev–Trinajstić information content (AvgIpc) is 2.88. The summed E-state index contributed by atoms with van der Waals surface area (Å²) < 4.78 is 5.45. The van der Waals surface area contributed by atoms with Gasteiger partial charge in [0.05, 0.1) is 0 Å². The lowest BCUT2D eigenvalue weighted by Gasteiger charge is -2.09. The van der Waals surface area contributed by atoms with Crippen LogP contribution >= 0.6 is 0 Å². The van der Waals surface area contributed by atoms with Crippen molar-refractivity contribution in [3.63, 3.8) is 0 Å². The summed E-state index contributed by atoms with van der Waals surface area (Å²) in [4.78, 5) is 12.0. The topological polar surface area (TPSA) is 54.3 Å². The number of amides is 2. The predicted octanol–water partition coefficient (Wildman–Crippen LogP) is 4.05. The minimum atomic E-state index is -0.184. The molecule has 0 bridgehead atoms. The third kappa shape index (κ3) is 3.54. The van der Waals surface area contributed by atoms with E-state index in [2.05, 4.69) is 28.8 Å². The number of hydrogen-bond donors (Lipinski definition) is 2. The van der Waals surface area contributed by atoms with Crippen LogP contribution in [-0.4, -0.2) is 6.03 Å². The van der Waals surface area contributed by atoms with E-state index in [1.807, 2.05) is 44.2 Å². The van der Waals surface area contributed by atoms with E-state index in [0.717, 1.165) is 28.0 Å². The molecule has 1 heterocycles. The van der Waals surface area contributed by atoms with Gasteiger partial charge in [0.25, 0.3) is 0 Å². The Balaban J connectivity index is 1.59. The van der Waals surface area contributed by atoms with E-state index in [1.54, 1.807) is 0 Å². The van der Waals surface area contributed by atoms with Crippen molar-refractivity contribution in [3.8, 4) is 0 Å². The number of benzene rings is 2. The predicted molar refractivity (Wildman–Crippen MR) is 91.2 cm³/mol. The van der Waals surface area contributed by atoms with Crippen molar-refractivity contribution in [1.29, 1.82) is 0 Å². The Kier molecular flexibility index (Phi) is 4.33. The molecule has 3 rings (SSSR count). The Labute approximate surface area is 135 Å². The van der Waals surface area contributed by atoms with E-state index in [9.17, 15) is 4.79 Å². The first kappa shape index (κ1) is 15.2. The summed E-state index contributed by atoms with van der Waals surface area (Å²) in [6.45, 7) is 4.76. The van der Waals surface area contributed by atoms with Crippen LogP contribution in [0.4, 0.5) is 4.79 Å². The van der Waals surface area contributed by atoms with Gasteiger partial charge in [-0.1, -0.05) is 42.5 Å². The Morgan fingerprint density at radius 2 is 1.65 bits per heavy atom. The lowest BCUT2D eigenvalue weighted by molar-refractivity contribution is 0.240. The second-order valence-corrected chi connectivity index (χ2v) is 5.61. The summed E-state index contributed by atoms with van der Waals surface area (Å²) in [7, 11) is 0. The molecule has 0 fully saturated rings. The van der Waals surface area contributed by atoms with E-state index < -0.39 is 0 Å². The van der Waals surface area contributed by atoms with E-state index in [4.69, 9.17) is 4.42 Å². The van der Waals surface area contributed by atoms with Crippen LogP contribution < -0.4 is 10.6 Å². The van der Waals surface area contributed by atoms with Gasteiger partial charge in [-0.3, -0.25) is 0 Å². The first-order chi connectivity index (χ1) is 11.1. The molecule has 23 heavy (non-hydrogen) atoms. The van der Waals surface area contributed by atoms with E-state index in [0.29, 0.717) is 13.1 Å². The molecule has 0 aliphatic heterocycles. The van der Waals surface area contributed by atoms with Gasteiger partial charge < -0.3 is 15.1 Å². The lowest BCUT2D eigenvalue weighted by Crippen LogP contribution is -2.34. The molecule has 2 N–H and O–H groups in total. The van der Waals surface area contributed by atoms with Crippen LogP contribution in [0, 0.1) is 13.8 Å². The molecule has 0 aliphatic carbocycles. The number of furan rings is 1. The highest BCUT2D eigenvalue weighted by atomic mass is 16.3. The Morgan fingerprint density at radius 1 is 0.957 bits per heavy atom. The van der Waals surface area contributed by atoms with Crippen molar-refractivity contribution in [3.05, 3.63) is 71.2 Å². The number of carbonyl (C=O) groups is 1. The molecule has 118 valence electrons. The van der Waals surface area contributed by atoms with E-state index >= 15 is 0 Å². The fraction of sp³-hybridized carbons (Fsp3) is 0.211. The second-order valence-electron chi connectivity index (χ2n) is 5.61. The molecular formula is C19H20N2O2. The number of carbonyl (C=O) groups excluding carboxylic acids is 1. The normalized spacial score (nSPS) is 10.7. The Hall–Kier alpha value is -2.75. The third-order valence-corrected chi connectivity index (χ3v) is 3.90. The molecule has 0 radical (unpaired) electrons. The van der Waals surface area contributed by atoms with E-state index in [1.165, 1.54) is 5.39 Å². The monoisotopic (exact) mass is 308 g/mol. The summed E-state index contributed by atoms with van der Waals surface area (Å²) >= 11 is 0. The van der Waals surface area contributed by atoms with Crippen LogP contribution in [0.15, 0.2) is 52.9 Å². The van der Waals surface area contributed by atoms with Crippen LogP contribution in [0.2, 0.25) is 0 Å². The van der Waals surface area contributed by atoms with Gasteiger partial charge in [0.2, 0.25) is 0 Å². The highest BCUT2D eigenvalue weighted by Gasteiger charge is 2.07. The van der Waals surface area contributed by atoms with Crippen molar-refractivity contribution in [1.82, 2.24) is 10.6 Å². The van der Waals surface area contributed by atoms with Gasteiger partial charge in [0.15, 0.2) is 0 Å². The second kappa shape index (κ2) is 6.57. The van der Waals surface area contributed by atoms with Crippen LogP contribution in [0.25, 0.3) is 10.8 Å². The number of rotatable bonds is 4. The summed E-state index contributed by atoms with van der Waals surface area (Å²) in [5.41, 5.74) is 2.11. The molecule has 4 nitrogen and oxygen atoms in total. The first-order valence-electron chi connectivity index (χ1n) is 7.68. The minimum Gasteiger partial charge on any atom is -0.466 e. The maximum atomic E-state index is 12.0. The molecule has 0 saturated carbocycles. The molecule has 2 aromatic carbocycles. The van der Waals surface area contributed by atoms with Gasteiger partial charge in [-0.2, -0.15) is 0 Å². The van der Waals surface area contributed by atoms with Crippen molar-refractivity contribution >= 4 is 16.8 Å². The van der Waals surface area contributed by atoms with Gasteiger partial charge in [-0.15, -0.1) is 0 Å². The first-order valence-corrected chi connectivity index (χ1v) is 7.68. The van der Waals surface area contributed by atoms with Gasteiger partial charge in [-0.25, -0.2) is 4.79 Å². The number of hydrogen-bond acceptors (Lipinski definition) is 2. The summed E-state index contributed by atoms with van der Waals surface area (Å²) in [5.74, 6) is 1.70. The fourth-order valence-electron chi connectivity index (χ4n) is 2.72. The summed E-state index contributed by atoms with van der Waals surface area (Å²) in [6.07, 6.45) is 0. The van der Waals surface area contributed by atoms with E-state index in [-0.39, 0.29) is 6.03 Å². The standard InChI is InChI=1S/C19H20N2O2/c1-13-10-17(14(2)23-13)12-21-19(22)20-11-16-8-5-7-15-6-3-4-9-18(15)16/h3-10H,11-12H2,1-2H3,(H2,20,21,22). The van der Waals surface area contributed by atoms with Crippen LogP contribution in [0.3, 0.4) is 0 Å². The molecule has 3 aromatic rings. The lowest BCUT2D eigenvalue weighted by atomic mass is 10.0. The molecule has 0 unspecified atom stereocenters. The molecule has 1 aromatic heterocycles. The largest absolute Gasteiger partial charge is 0.466 e. The van der Waals surface area contributed by atoms with Crippen molar-refractivity contribution in [2.24, 2.45) is 0 Å². The molecule has 0 spiro atoms. The van der Waals surface area contributed by atoms with Gasteiger partial charge in [0, 0.05) is 18.7 Å². The Bertz CT molecular complexity index is 831. The highest BCUT2D eigenvalue weighted by molar-refractivity contribution is 5.86. The number of nitrogens with one attached hydrogen (secondary N) is 2. The molecule has 4 heteroatoms. The molecule has 0 saturated heterocycles. The maximum Gasteiger partial charge on any atom is 0.315 e. The minimum absolute atomic E-state index is 0.184. The number of urea groups is 1. The van der Waals surface area contributed by atoms with Crippen molar-refractivity contribution in [2.75, 3.05) is 0 Å². The molecular weight excluding hydrogens is 288 g/mol. The molecule has 2 amide bonds. The SMILES string of the molecule is Cc1cc(CNC(=O)NCc2cccc3ccccc23)c(C)o1. The summed E-state index contributed by atoms with van der Waals surface area (Å²) in [5, 5.41) is 8.11. The number of aryl methyl sites for hydroxylation is 2. The summed E-state index contributed by atoms with van der Waals surface area (Å²) in [6, 6.07) is 16.0. The fourth-order valence-corrected chi connectivity index (χ4v) is 2.72. The highest BCUT2D eigenvalue weighted by Crippen LogP contribution is 2.18. The Morgan fingerprint density at radius 3 is 2.39 bits per heavy atom. The van der Waals surface area contributed by atoms with Gasteiger partial charge in [-0.05, 0) is 36.2 Å². The quantitative estimate of drug-likeness (QED) is 0.764. The third-order valence-electron chi connectivity index (χ3n) is 3.90. The van der Waals surface area contributed by atoms with Crippen LogP contribution in [0.5, 0.6) is 0 Å². The van der Waals surface area contributed by atoms with Crippen LogP contribution in [0.1, 0.15) is 22.6 Å². The zero-order valence-corrected chi connectivity index (χ0v) is 13.3. The van der Waals surface area contributed by atoms with Crippen molar-refractivity contribution < 1.29 is 9.21 Å². The zero-order chi connectivity index (χ0) is 16.2. The zero-order valence-electron chi connectivity index (χ0n) is 13.3.